The van der Waals surface area contributed by atoms with Crippen molar-refractivity contribution in [2.24, 2.45) is 0 Å². The molecule has 3 heteroatoms. The van der Waals surface area contributed by atoms with Crippen LogP contribution in [-0.2, 0) is 5.41 Å². The first-order valence-electron chi connectivity index (χ1n) is 6.10. The van der Waals surface area contributed by atoms with Crippen LogP contribution in [0.3, 0.4) is 0 Å². The highest BCUT2D eigenvalue weighted by atomic mass is 19.4. The lowest BCUT2D eigenvalue weighted by Crippen LogP contribution is -2.30. The Morgan fingerprint density at radius 2 is 1.11 bits per heavy atom. The predicted molar refractivity (Wildman–Crippen MR) is 70.0 cm³/mol. The number of hydrogen-bond donors (Lipinski definition) is 0. The Morgan fingerprint density at radius 1 is 0.737 bits per heavy atom. The van der Waals surface area contributed by atoms with Gasteiger partial charge in [-0.25, -0.2) is 0 Å². The molecule has 0 heterocycles. The monoisotopic (exact) mass is 264 g/mol. The van der Waals surface area contributed by atoms with E-state index in [4.69, 9.17) is 0 Å². The number of hydrogen-bond acceptors (Lipinski definition) is 0. The predicted octanol–water partition coefficient (Wildman–Crippen LogP) is 4.95. The van der Waals surface area contributed by atoms with Crippen LogP contribution in [0.15, 0.2) is 60.7 Å². The molecule has 0 saturated carbocycles. The van der Waals surface area contributed by atoms with Gasteiger partial charge in [-0.15, -0.1) is 0 Å². The molecule has 0 spiro atoms. The highest BCUT2D eigenvalue weighted by Crippen LogP contribution is 2.41. The quantitative estimate of drug-likeness (QED) is 0.736. The smallest absolute Gasteiger partial charge is 0.171 e. The van der Waals surface area contributed by atoms with Crippen LogP contribution in [0.5, 0.6) is 0 Å². The Kier molecular flexibility index (Phi) is 3.65. The fraction of sp³-hybridized carbons (Fsp3) is 0.250. The van der Waals surface area contributed by atoms with Crippen LogP contribution in [0.2, 0.25) is 0 Å². The van der Waals surface area contributed by atoms with Gasteiger partial charge in [-0.2, -0.15) is 13.2 Å². The van der Waals surface area contributed by atoms with Gasteiger partial charge in [-0.1, -0.05) is 67.6 Å². The molecule has 0 aliphatic heterocycles. The molecule has 0 aliphatic rings. The van der Waals surface area contributed by atoms with Crippen LogP contribution in [0, 0.1) is 0 Å². The molecule has 0 radical (unpaired) electrons. The molecule has 0 fully saturated rings. The topological polar surface area (TPSA) is 0 Å². The Hall–Kier alpha value is -1.77. The molecule has 0 N–H and O–H groups in total. The van der Waals surface area contributed by atoms with Gasteiger partial charge in [0.05, 0.1) is 6.42 Å². The lowest BCUT2D eigenvalue weighted by atomic mass is 9.73. The summed E-state index contributed by atoms with van der Waals surface area (Å²) >= 11 is 0. The van der Waals surface area contributed by atoms with Crippen molar-refractivity contribution in [1.29, 1.82) is 0 Å². The summed E-state index contributed by atoms with van der Waals surface area (Å²) < 4.78 is 38.8. The zero-order chi connectivity index (χ0) is 13.9. The summed E-state index contributed by atoms with van der Waals surface area (Å²) in [6.07, 6.45) is -5.07. The second kappa shape index (κ2) is 5.08. The van der Waals surface area contributed by atoms with E-state index >= 15 is 0 Å². The molecular weight excluding hydrogens is 249 g/mol. The largest absolute Gasteiger partial charge is 0.390 e. The van der Waals surface area contributed by atoms with E-state index in [0.29, 0.717) is 11.1 Å². The van der Waals surface area contributed by atoms with Gasteiger partial charge in [-0.05, 0) is 11.1 Å². The molecular formula is C16H15F3. The van der Waals surface area contributed by atoms with E-state index in [2.05, 4.69) is 0 Å². The van der Waals surface area contributed by atoms with E-state index < -0.39 is 18.0 Å². The summed E-state index contributed by atoms with van der Waals surface area (Å²) in [4.78, 5) is 0. The molecule has 2 aromatic rings. The maximum absolute atomic E-state index is 12.9. The van der Waals surface area contributed by atoms with Crippen molar-refractivity contribution in [3.8, 4) is 0 Å². The molecule has 0 saturated heterocycles. The molecule has 0 nitrogen and oxygen atoms in total. The minimum atomic E-state index is -4.21. The minimum Gasteiger partial charge on any atom is -0.171 e. The standard InChI is InChI=1S/C16H15F3/c1-15(12-16(17,18)19,13-8-4-2-5-9-13)14-10-6-3-7-11-14/h2-11H,12H2,1H3. The lowest BCUT2D eigenvalue weighted by molar-refractivity contribution is -0.144. The second-order valence-electron chi connectivity index (χ2n) is 4.86. The van der Waals surface area contributed by atoms with E-state index in [1.807, 2.05) is 12.1 Å². The Morgan fingerprint density at radius 3 is 1.42 bits per heavy atom. The summed E-state index contributed by atoms with van der Waals surface area (Å²) in [7, 11) is 0. The SMILES string of the molecule is CC(CC(F)(F)F)(c1ccccc1)c1ccccc1. The fourth-order valence-corrected chi connectivity index (χ4v) is 2.38. The van der Waals surface area contributed by atoms with Crippen molar-refractivity contribution >= 4 is 0 Å². The Labute approximate surface area is 110 Å². The van der Waals surface area contributed by atoms with Crippen molar-refractivity contribution in [3.63, 3.8) is 0 Å². The maximum atomic E-state index is 12.9. The van der Waals surface area contributed by atoms with E-state index in [-0.39, 0.29) is 0 Å². The number of halogens is 3. The van der Waals surface area contributed by atoms with Crippen LogP contribution >= 0.6 is 0 Å². The normalized spacial score (nSPS) is 12.4. The molecule has 100 valence electrons. The molecule has 2 aromatic carbocycles. The van der Waals surface area contributed by atoms with Crippen molar-refractivity contribution in [3.05, 3.63) is 71.8 Å². The van der Waals surface area contributed by atoms with Crippen LogP contribution in [0.1, 0.15) is 24.5 Å². The van der Waals surface area contributed by atoms with Crippen molar-refractivity contribution in [2.75, 3.05) is 0 Å². The van der Waals surface area contributed by atoms with Crippen molar-refractivity contribution in [2.45, 2.75) is 24.9 Å². The summed E-state index contributed by atoms with van der Waals surface area (Å²) in [5.41, 5.74) is 0.304. The van der Waals surface area contributed by atoms with Crippen molar-refractivity contribution in [1.82, 2.24) is 0 Å². The number of rotatable bonds is 3. The van der Waals surface area contributed by atoms with E-state index in [1.54, 1.807) is 55.5 Å². The average molecular weight is 264 g/mol. The van der Waals surface area contributed by atoms with Gasteiger partial charge in [0.1, 0.15) is 0 Å². The second-order valence-corrected chi connectivity index (χ2v) is 4.86. The van der Waals surface area contributed by atoms with Gasteiger partial charge in [0.15, 0.2) is 0 Å². The molecule has 0 aliphatic carbocycles. The fourth-order valence-electron chi connectivity index (χ4n) is 2.38. The summed E-state index contributed by atoms with van der Waals surface area (Å²) in [5.74, 6) is 0. The van der Waals surface area contributed by atoms with Crippen LogP contribution in [0.25, 0.3) is 0 Å². The van der Waals surface area contributed by atoms with Crippen molar-refractivity contribution < 1.29 is 13.2 Å². The highest BCUT2D eigenvalue weighted by Gasteiger charge is 2.41. The molecule has 0 aromatic heterocycles. The average Bonchev–Trinajstić information content (AvgIpc) is 2.39. The highest BCUT2D eigenvalue weighted by molar-refractivity contribution is 5.38. The molecule has 2 rings (SSSR count). The number of benzene rings is 2. The molecule has 0 bridgehead atoms. The van der Waals surface area contributed by atoms with E-state index in [9.17, 15) is 13.2 Å². The number of alkyl halides is 3. The first-order chi connectivity index (χ1) is 8.92. The van der Waals surface area contributed by atoms with Crippen LogP contribution in [0.4, 0.5) is 13.2 Å². The third kappa shape index (κ3) is 3.16. The molecule has 0 amide bonds. The maximum Gasteiger partial charge on any atom is 0.390 e. The zero-order valence-electron chi connectivity index (χ0n) is 10.6. The van der Waals surface area contributed by atoms with Crippen LogP contribution in [-0.4, -0.2) is 6.18 Å². The first kappa shape index (κ1) is 13.7. The molecule has 19 heavy (non-hydrogen) atoms. The van der Waals surface area contributed by atoms with Gasteiger partial charge >= 0.3 is 6.18 Å². The van der Waals surface area contributed by atoms with Gasteiger partial charge < -0.3 is 0 Å². The Bertz CT molecular complexity index is 475. The third-order valence-electron chi connectivity index (χ3n) is 3.38. The molecule has 0 unspecified atom stereocenters. The summed E-state index contributed by atoms with van der Waals surface area (Å²) in [6.45, 7) is 1.64. The summed E-state index contributed by atoms with van der Waals surface area (Å²) in [5, 5.41) is 0. The minimum absolute atomic E-state index is 0.679. The van der Waals surface area contributed by atoms with Gasteiger partial charge in [-0.3, -0.25) is 0 Å². The molecule has 0 atom stereocenters. The third-order valence-corrected chi connectivity index (χ3v) is 3.38. The van der Waals surface area contributed by atoms with Gasteiger partial charge in [0.2, 0.25) is 0 Å². The first-order valence-corrected chi connectivity index (χ1v) is 6.10. The van der Waals surface area contributed by atoms with Crippen LogP contribution < -0.4 is 0 Å². The zero-order valence-corrected chi connectivity index (χ0v) is 10.6. The van der Waals surface area contributed by atoms with E-state index in [1.165, 1.54) is 0 Å². The van der Waals surface area contributed by atoms with Gasteiger partial charge in [0.25, 0.3) is 0 Å². The van der Waals surface area contributed by atoms with E-state index in [0.717, 1.165) is 0 Å². The van der Waals surface area contributed by atoms with Gasteiger partial charge in [0, 0.05) is 5.41 Å². The summed E-state index contributed by atoms with van der Waals surface area (Å²) in [6, 6.07) is 17.7. The Balaban J connectivity index is 2.51. The lowest BCUT2D eigenvalue weighted by Gasteiger charge is -2.32.